The fraction of sp³-hybridized carbons (Fsp3) is 0.222. The molecule has 0 bridgehead atoms. The molecule has 4 N–H and O–H groups in total. The molecule has 18 heavy (non-hydrogen) atoms. The lowest BCUT2D eigenvalue weighted by atomic mass is 10.1. The van der Waals surface area contributed by atoms with Gasteiger partial charge in [0.2, 0.25) is 0 Å². The first-order valence-electron chi connectivity index (χ1n) is 4.49. The van der Waals surface area contributed by atoms with Gasteiger partial charge in [-0.1, -0.05) is 0 Å². The third-order valence-electron chi connectivity index (χ3n) is 2.15. The van der Waals surface area contributed by atoms with Crippen molar-refractivity contribution >= 4 is 21.8 Å². The average molecular weight is 277 g/mol. The summed E-state index contributed by atoms with van der Waals surface area (Å²) >= 11 is 0. The summed E-state index contributed by atoms with van der Waals surface area (Å²) in [5, 5.41) is 8.94. The molecule has 1 aromatic carbocycles. The van der Waals surface area contributed by atoms with Crippen molar-refractivity contribution in [2.24, 2.45) is 0 Å². The van der Waals surface area contributed by atoms with E-state index in [-0.39, 0.29) is 5.75 Å². The van der Waals surface area contributed by atoms with Gasteiger partial charge in [0, 0.05) is 6.07 Å². The van der Waals surface area contributed by atoms with Crippen LogP contribution in [0.25, 0.3) is 0 Å². The Morgan fingerprint density at radius 1 is 1.33 bits per heavy atom. The van der Waals surface area contributed by atoms with Crippen molar-refractivity contribution in [3.8, 4) is 11.5 Å². The molecular weight excluding hydrogens is 266 g/mol. The summed E-state index contributed by atoms with van der Waals surface area (Å²) in [5.41, 5.74) is 4.57. The van der Waals surface area contributed by atoms with Gasteiger partial charge in [0.1, 0.15) is 11.3 Å². The topological polar surface area (TPSA) is 136 Å². The highest BCUT2D eigenvalue weighted by atomic mass is 32.2. The number of aromatic carboxylic acids is 1. The van der Waals surface area contributed by atoms with Crippen molar-refractivity contribution in [3.63, 3.8) is 0 Å². The number of rotatable bonds is 4. The van der Waals surface area contributed by atoms with Crippen LogP contribution in [0.5, 0.6) is 11.5 Å². The largest absolute Gasteiger partial charge is 0.495 e. The quantitative estimate of drug-likeness (QED) is 0.525. The van der Waals surface area contributed by atoms with Crippen molar-refractivity contribution in [1.29, 1.82) is 0 Å². The number of carboxylic acid groups (broad SMARTS) is 1. The Morgan fingerprint density at radius 3 is 2.22 bits per heavy atom. The van der Waals surface area contributed by atoms with E-state index in [1.165, 1.54) is 7.11 Å². The number of nitrogen functional groups attached to an aromatic ring is 1. The maximum absolute atomic E-state index is 11.2. The maximum atomic E-state index is 11.2. The molecule has 0 saturated heterocycles. The van der Waals surface area contributed by atoms with Gasteiger partial charge in [-0.15, -0.1) is 0 Å². The van der Waals surface area contributed by atoms with Crippen molar-refractivity contribution in [2.45, 2.75) is 4.90 Å². The van der Waals surface area contributed by atoms with Crippen LogP contribution in [0, 0.1) is 0 Å². The molecule has 0 radical (unpaired) electrons. The van der Waals surface area contributed by atoms with Crippen molar-refractivity contribution in [3.05, 3.63) is 11.6 Å². The summed E-state index contributed by atoms with van der Waals surface area (Å²) < 4.78 is 41.0. The van der Waals surface area contributed by atoms with Crippen molar-refractivity contribution in [1.82, 2.24) is 0 Å². The van der Waals surface area contributed by atoms with E-state index in [1.54, 1.807) is 0 Å². The van der Waals surface area contributed by atoms with Gasteiger partial charge < -0.3 is 20.3 Å². The zero-order valence-electron chi connectivity index (χ0n) is 9.50. The molecule has 9 heteroatoms. The molecule has 100 valence electrons. The molecule has 0 saturated carbocycles. The first-order chi connectivity index (χ1) is 8.23. The average Bonchev–Trinajstić information content (AvgIpc) is 2.25. The number of hydrogen-bond acceptors (Lipinski definition) is 6. The highest BCUT2D eigenvalue weighted by molar-refractivity contribution is 7.86. The maximum Gasteiger partial charge on any atom is 0.339 e. The van der Waals surface area contributed by atoms with E-state index in [4.69, 9.17) is 20.1 Å². The van der Waals surface area contributed by atoms with Gasteiger partial charge in [0.05, 0.1) is 19.9 Å². The third kappa shape index (κ3) is 2.31. The van der Waals surface area contributed by atoms with Gasteiger partial charge in [-0.05, 0) is 0 Å². The van der Waals surface area contributed by atoms with E-state index >= 15 is 0 Å². The van der Waals surface area contributed by atoms with Gasteiger partial charge in [-0.2, -0.15) is 8.42 Å². The lowest BCUT2D eigenvalue weighted by Gasteiger charge is -2.14. The molecule has 1 aromatic rings. The van der Waals surface area contributed by atoms with E-state index in [0.29, 0.717) is 0 Å². The fourth-order valence-corrected chi connectivity index (χ4v) is 2.22. The van der Waals surface area contributed by atoms with Gasteiger partial charge in [-0.3, -0.25) is 4.55 Å². The minimum absolute atomic E-state index is 0.194. The van der Waals surface area contributed by atoms with Crippen LogP contribution in [0.15, 0.2) is 11.0 Å². The van der Waals surface area contributed by atoms with Gasteiger partial charge >= 0.3 is 5.97 Å². The molecule has 0 fully saturated rings. The summed E-state index contributed by atoms with van der Waals surface area (Å²) in [6.07, 6.45) is 0. The summed E-state index contributed by atoms with van der Waals surface area (Å²) in [6, 6.07) is 1.01. The first kappa shape index (κ1) is 14.1. The molecule has 0 unspecified atom stereocenters. The van der Waals surface area contributed by atoms with Crippen LogP contribution in [0.1, 0.15) is 10.4 Å². The molecule has 0 aliphatic carbocycles. The highest BCUT2D eigenvalue weighted by Gasteiger charge is 2.29. The van der Waals surface area contributed by atoms with Gasteiger partial charge in [0.15, 0.2) is 10.6 Å². The van der Waals surface area contributed by atoms with Gasteiger partial charge in [-0.25, -0.2) is 4.79 Å². The number of carboxylic acids is 1. The summed E-state index contributed by atoms with van der Waals surface area (Å²) in [5.74, 6) is -2.20. The molecule has 0 aliphatic rings. The molecule has 1 rings (SSSR count). The predicted octanol–water partition coefficient (Wildman–Crippen LogP) is 0.231. The van der Waals surface area contributed by atoms with Crippen molar-refractivity contribution < 1.29 is 32.3 Å². The molecule has 0 heterocycles. The van der Waals surface area contributed by atoms with Crippen LogP contribution >= 0.6 is 0 Å². The Labute approximate surface area is 103 Å². The summed E-state index contributed by atoms with van der Waals surface area (Å²) in [4.78, 5) is 10.2. The smallest absolute Gasteiger partial charge is 0.339 e. The van der Waals surface area contributed by atoms with E-state index < -0.39 is 38.0 Å². The SMILES string of the molecule is COc1cc(C(=O)O)c(OC)c(S(=O)(=O)O)c1N. The van der Waals surface area contributed by atoms with E-state index in [0.717, 1.165) is 13.2 Å². The minimum Gasteiger partial charge on any atom is -0.495 e. The summed E-state index contributed by atoms with van der Waals surface area (Å²) in [6.45, 7) is 0. The Kier molecular flexibility index (Phi) is 3.67. The lowest BCUT2D eigenvalue weighted by molar-refractivity contribution is 0.0692. The van der Waals surface area contributed by atoms with Crippen LogP contribution in [-0.2, 0) is 10.1 Å². The number of anilines is 1. The van der Waals surface area contributed by atoms with E-state index in [9.17, 15) is 13.2 Å². The standard InChI is InChI=1S/C9H11NO7S/c1-16-5-3-4(9(11)12)7(17-2)8(6(5)10)18(13,14)15/h3H,10H2,1-2H3,(H,11,12)(H,13,14,15). The fourth-order valence-electron chi connectivity index (χ4n) is 1.42. The Hall–Kier alpha value is -2.00. The van der Waals surface area contributed by atoms with Crippen LogP contribution in [-0.4, -0.2) is 38.3 Å². The van der Waals surface area contributed by atoms with Crippen LogP contribution in [0.4, 0.5) is 5.69 Å². The number of methoxy groups -OCH3 is 2. The zero-order valence-corrected chi connectivity index (χ0v) is 10.3. The second kappa shape index (κ2) is 4.70. The Morgan fingerprint density at radius 2 is 1.89 bits per heavy atom. The van der Waals surface area contributed by atoms with E-state index in [1.807, 2.05) is 0 Å². The van der Waals surface area contributed by atoms with Crippen molar-refractivity contribution in [2.75, 3.05) is 20.0 Å². The van der Waals surface area contributed by atoms with E-state index in [2.05, 4.69) is 4.74 Å². The Bertz CT molecular complexity index is 593. The minimum atomic E-state index is -4.76. The van der Waals surface area contributed by atoms with Crippen LogP contribution in [0.3, 0.4) is 0 Å². The molecule has 0 aliphatic heterocycles. The number of benzene rings is 1. The first-order valence-corrected chi connectivity index (χ1v) is 5.93. The monoisotopic (exact) mass is 277 g/mol. The lowest BCUT2D eigenvalue weighted by Crippen LogP contribution is -2.11. The molecule has 0 aromatic heterocycles. The van der Waals surface area contributed by atoms with Crippen LogP contribution in [0.2, 0.25) is 0 Å². The second-order valence-electron chi connectivity index (χ2n) is 3.18. The number of hydrogen-bond donors (Lipinski definition) is 3. The molecule has 8 nitrogen and oxygen atoms in total. The molecular formula is C9H11NO7S. The third-order valence-corrected chi connectivity index (χ3v) is 3.07. The zero-order chi connectivity index (χ0) is 14.1. The normalized spacial score (nSPS) is 11.1. The number of nitrogens with two attached hydrogens (primary N) is 1. The van der Waals surface area contributed by atoms with Gasteiger partial charge in [0.25, 0.3) is 10.1 Å². The molecule has 0 amide bonds. The Balaban J connectivity index is 3.86. The highest BCUT2D eigenvalue weighted by Crippen LogP contribution is 2.39. The predicted molar refractivity (Wildman–Crippen MR) is 60.7 cm³/mol. The number of carbonyl (C=O) groups is 1. The molecule has 0 spiro atoms. The van der Waals surface area contributed by atoms with Crippen LogP contribution < -0.4 is 15.2 Å². The summed E-state index contributed by atoms with van der Waals surface area (Å²) in [7, 11) is -2.52. The number of ether oxygens (including phenoxy) is 2. The second-order valence-corrected chi connectivity index (χ2v) is 4.54. The molecule has 0 atom stereocenters.